The predicted molar refractivity (Wildman–Crippen MR) is 86.8 cm³/mol. The van der Waals surface area contributed by atoms with Gasteiger partial charge in [0.15, 0.2) is 5.13 Å². The van der Waals surface area contributed by atoms with Gasteiger partial charge in [-0.1, -0.05) is 13.8 Å². The zero-order chi connectivity index (χ0) is 15.2. The van der Waals surface area contributed by atoms with Crippen LogP contribution in [0.2, 0.25) is 0 Å². The van der Waals surface area contributed by atoms with E-state index in [2.05, 4.69) is 29.1 Å². The van der Waals surface area contributed by atoms with Gasteiger partial charge in [-0.15, -0.1) is 11.3 Å². The first-order valence-electron chi connectivity index (χ1n) is 7.95. The number of hydrogen-bond donors (Lipinski definition) is 0. The Balaban J connectivity index is 1.82. The highest BCUT2D eigenvalue weighted by Gasteiger charge is 2.23. The fourth-order valence-electron chi connectivity index (χ4n) is 2.78. The van der Waals surface area contributed by atoms with E-state index in [1.165, 1.54) is 12.8 Å². The number of esters is 1. The molecule has 0 bridgehead atoms. The first-order chi connectivity index (χ1) is 10.1. The van der Waals surface area contributed by atoms with Gasteiger partial charge in [0.2, 0.25) is 0 Å². The van der Waals surface area contributed by atoms with Crippen LogP contribution in [0.3, 0.4) is 0 Å². The van der Waals surface area contributed by atoms with E-state index >= 15 is 0 Å². The van der Waals surface area contributed by atoms with E-state index < -0.39 is 0 Å². The van der Waals surface area contributed by atoms with Crippen molar-refractivity contribution in [2.45, 2.75) is 46.5 Å². The number of piperidine rings is 1. The maximum atomic E-state index is 11.4. The van der Waals surface area contributed by atoms with Crippen molar-refractivity contribution in [3.8, 4) is 0 Å². The highest BCUT2D eigenvalue weighted by atomic mass is 32.1. The van der Waals surface area contributed by atoms with Crippen molar-refractivity contribution >= 4 is 22.4 Å². The molecule has 0 radical (unpaired) electrons. The Morgan fingerprint density at radius 3 is 2.81 bits per heavy atom. The second-order valence-corrected chi connectivity index (χ2v) is 6.83. The summed E-state index contributed by atoms with van der Waals surface area (Å²) in [5.74, 6) is 1.50. The number of ether oxygens (including phenoxy) is 1. The molecule has 0 aromatic carbocycles. The summed E-state index contributed by atoms with van der Waals surface area (Å²) in [6.07, 6.45) is 3.62. The van der Waals surface area contributed by atoms with Gasteiger partial charge in [0.1, 0.15) is 0 Å². The van der Waals surface area contributed by atoms with Crippen molar-refractivity contribution in [3.05, 3.63) is 11.1 Å². The molecule has 0 unspecified atom stereocenters. The number of anilines is 1. The van der Waals surface area contributed by atoms with Gasteiger partial charge in [-0.2, -0.15) is 0 Å². The van der Waals surface area contributed by atoms with Gasteiger partial charge in [-0.25, -0.2) is 4.98 Å². The molecule has 0 amide bonds. The van der Waals surface area contributed by atoms with E-state index in [0.717, 1.165) is 35.8 Å². The summed E-state index contributed by atoms with van der Waals surface area (Å²) in [4.78, 5) is 18.4. The van der Waals surface area contributed by atoms with Crippen LogP contribution in [0, 0.1) is 11.8 Å². The third kappa shape index (κ3) is 4.70. The molecular formula is C16H26N2O2S. The maximum absolute atomic E-state index is 11.4. The average Bonchev–Trinajstić information content (AvgIpc) is 2.94. The van der Waals surface area contributed by atoms with Crippen molar-refractivity contribution in [1.29, 1.82) is 0 Å². The summed E-state index contributed by atoms with van der Waals surface area (Å²) in [5.41, 5.74) is 1.01. The average molecular weight is 310 g/mol. The topological polar surface area (TPSA) is 42.4 Å². The first kappa shape index (κ1) is 16.3. The molecule has 1 aromatic rings. The van der Waals surface area contributed by atoms with Crippen LogP contribution in [-0.4, -0.2) is 30.6 Å². The normalized spacial score (nSPS) is 16.5. The lowest BCUT2D eigenvalue weighted by molar-refractivity contribution is -0.143. The van der Waals surface area contributed by atoms with Gasteiger partial charge in [0, 0.05) is 24.9 Å². The molecule has 1 aromatic heterocycles. The van der Waals surface area contributed by atoms with Gasteiger partial charge >= 0.3 is 5.97 Å². The lowest BCUT2D eigenvalue weighted by Gasteiger charge is -2.33. The van der Waals surface area contributed by atoms with Gasteiger partial charge in [0.25, 0.3) is 0 Å². The minimum Gasteiger partial charge on any atom is -0.466 e. The number of hydrogen-bond acceptors (Lipinski definition) is 5. The smallest absolute Gasteiger partial charge is 0.306 e. The summed E-state index contributed by atoms with van der Waals surface area (Å²) >= 11 is 1.69. The number of aromatic nitrogens is 1. The molecule has 1 saturated heterocycles. The Morgan fingerprint density at radius 2 is 2.19 bits per heavy atom. The third-order valence-electron chi connectivity index (χ3n) is 4.18. The molecule has 0 atom stereocenters. The van der Waals surface area contributed by atoms with E-state index in [9.17, 15) is 4.79 Å². The summed E-state index contributed by atoms with van der Waals surface area (Å²) < 4.78 is 4.95. The molecule has 118 valence electrons. The lowest BCUT2D eigenvalue weighted by atomic mass is 9.87. The Labute approximate surface area is 131 Å². The molecular weight excluding hydrogens is 284 g/mol. The van der Waals surface area contributed by atoms with Crippen molar-refractivity contribution < 1.29 is 9.53 Å². The molecule has 0 spiro atoms. The van der Waals surface area contributed by atoms with Crippen molar-refractivity contribution in [3.63, 3.8) is 0 Å². The molecule has 21 heavy (non-hydrogen) atoms. The quantitative estimate of drug-likeness (QED) is 0.754. The van der Waals surface area contributed by atoms with Crippen LogP contribution in [0.4, 0.5) is 5.13 Å². The standard InChI is InChI=1S/C16H26N2O2S/c1-4-20-15(19)6-5-14-11-21-16(17-14)18-9-7-13(8-10-18)12(2)3/h11-13H,4-10H2,1-3H3. The zero-order valence-electron chi connectivity index (χ0n) is 13.3. The van der Waals surface area contributed by atoms with Crippen LogP contribution in [-0.2, 0) is 16.0 Å². The van der Waals surface area contributed by atoms with Crippen molar-refractivity contribution in [1.82, 2.24) is 4.98 Å². The second-order valence-electron chi connectivity index (χ2n) is 5.99. The van der Waals surface area contributed by atoms with Gasteiger partial charge in [-0.3, -0.25) is 4.79 Å². The van der Waals surface area contributed by atoms with Gasteiger partial charge in [-0.05, 0) is 31.6 Å². The van der Waals surface area contributed by atoms with Crippen molar-refractivity contribution in [2.24, 2.45) is 11.8 Å². The van der Waals surface area contributed by atoms with E-state index in [1.54, 1.807) is 11.3 Å². The van der Waals surface area contributed by atoms with E-state index in [4.69, 9.17) is 4.74 Å². The number of carbonyl (C=O) groups is 1. The summed E-state index contributed by atoms with van der Waals surface area (Å²) in [6, 6.07) is 0. The summed E-state index contributed by atoms with van der Waals surface area (Å²) in [5, 5.41) is 3.18. The van der Waals surface area contributed by atoms with Crippen LogP contribution in [0.5, 0.6) is 0 Å². The fourth-order valence-corrected chi connectivity index (χ4v) is 3.69. The van der Waals surface area contributed by atoms with Crippen LogP contribution >= 0.6 is 11.3 Å². The minimum absolute atomic E-state index is 0.134. The zero-order valence-corrected chi connectivity index (χ0v) is 14.1. The van der Waals surface area contributed by atoms with Gasteiger partial charge < -0.3 is 9.64 Å². The maximum Gasteiger partial charge on any atom is 0.306 e. The van der Waals surface area contributed by atoms with E-state index in [1.807, 2.05) is 6.92 Å². The molecule has 1 aliphatic rings. The van der Waals surface area contributed by atoms with Crippen LogP contribution in [0.25, 0.3) is 0 Å². The largest absolute Gasteiger partial charge is 0.466 e. The Kier molecular flexibility index (Phi) is 6.03. The molecule has 0 N–H and O–H groups in total. The van der Waals surface area contributed by atoms with E-state index in [0.29, 0.717) is 19.4 Å². The number of carbonyl (C=O) groups excluding carboxylic acids is 1. The Bertz CT molecular complexity index is 451. The van der Waals surface area contributed by atoms with E-state index in [-0.39, 0.29) is 5.97 Å². The highest BCUT2D eigenvalue weighted by molar-refractivity contribution is 7.13. The Hall–Kier alpha value is -1.10. The molecule has 1 fully saturated rings. The fraction of sp³-hybridized carbons (Fsp3) is 0.750. The lowest BCUT2D eigenvalue weighted by Crippen LogP contribution is -2.35. The predicted octanol–water partition coefficient (Wildman–Crippen LogP) is 3.51. The summed E-state index contributed by atoms with van der Waals surface area (Å²) in [7, 11) is 0. The number of rotatable bonds is 6. The second kappa shape index (κ2) is 7.78. The van der Waals surface area contributed by atoms with Crippen molar-refractivity contribution in [2.75, 3.05) is 24.6 Å². The number of thiazole rings is 1. The molecule has 4 nitrogen and oxygen atoms in total. The number of aryl methyl sites for hydroxylation is 1. The molecule has 5 heteroatoms. The molecule has 0 aliphatic carbocycles. The highest BCUT2D eigenvalue weighted by Crippen LogP contribution is 2.29. The van der Waals surface area contributed by atoms with Crippen LogP contribution in [0.1, 0.15) is 45.7 Å². The minimum atomic E-state index is -0.134. The first-order valence-corrected chi connectivity index (χ1v) is 8.83. The Morgan fingerprint density at radius 1 is 1.48 bits per heavy atom. The SMILES string of the molecule is CCOC(=O)CCc1csc(N2CCC(C(C)C)CC2)n1. The van der Waals surface area contributed by atoms with Crippen LogP contribution in [0.15, 0.2) is 5.38 Å². The molecule has 2 rings (SSSR count). The molecule has 0 saturated carbocycles. The van der Waals surface area contributed by atoms with Crippen LogP contribution < -0.4 is 4.90 Å². The molecule has 1 aliphatic heterocycles. The molecule has 2 heterocycles. The number of nitrogens with zero attached hydrogens (tertiary/aromatic N) is 2. The van der Waals surface area contributed by atoms with Gasteiger partial charge in [0.05, 0.1) is 18.7 Å². The monoisotopic (exact) mass is 310 g/mol. The third-order valence-corrected chi connectivity index (χ3v) is 5.13. The summed E-state index contributed by atoms with van der Waals surface area (Å²) in [6.45, 7) is 9.13.